The van der Waals surface area contributed by atoms with E-state index in [0.29, 0.717) is 13.2 Å². The number of guanidine groups is 1. The molecule has 1 heterocycles. The fourth-order valence-electron chi connectivity index (χ4n) is 2.21. The Labute approximate surface area is 143 Å². The normalized spacial score (nSPS) is 11.4. The molecule has 0 aliphatic carbocycles. The molecule has 0 spiro atoms. The van der Waals surface area contributed by atoms with E-state index >= 15 is 0 Å². The van der Waals surface area contributed by atoms with Crippen molar-refractivity contribution in [3.05, 3.63) is 47.8 Å². The summed E-state index contributed by atoms with van der Waals surface area (Å²) in [6.07, 6.45) is 4.78. The Morgan fingerprint density at radius 1 is 1.25 bits per heavy atom. The van der Waals surface area contributed by atoms with E-state index in [2.05, 4.69) is 34.6 Å². The summed E-state index contributed by atoms with van der Waals surface area (Å²) >= 11 is 0. The monoisotopic (exact) mass is 329 g/mol. The quantitative estimate of drug-likeness (QED) is 0.441. The van der Waals surface area contributed by atoms with Gasteiger partial charge < -0.3 is 15.4 Å². The number of hydrogen-bond donors (Lipinski definition) is 2. The first-order valence-corrected chi connectivity index (χ1v) is 8.36. The molecule has 2 rings (SSSR count). The molecule has 130 valence electrons. The molecule has 0 unspecified atom stereocenters. The van der Waals surface area contributed by atoms with E-state index in [4.69, 9.17) is 4.74 Å². The molecule has 0 saturated heterocycles. The van der Waals surface area contributed by atoms with Gasteiger partial charge in [-0.05, 0) is 38.0 Å². The Kier molecular flexibility index (Phi) is 7.14. The molecule has 0 aliphatic heterocycles. The van der Waals surface area contributed by atoms with Crippen LogP contribution in [0.4, 0.5) is 0 Å². The smallest absolute Gasteiger partial charge is 0.191 e. The van der Waals surface area contributed by atoms with E-state index in [9.17, 15) is 0 Å². The van der Waals surface area contributed by atoms with Crippen LogP contribution in [-0.2, 0) is 13.5 Å². The van der Waals surface area contributed by atoms with Gasteiger partial charge in [0.2, 0.25) is 0 Å². The third kappa shape index (κ3) is 6.32. The first-order valence-electron chi connectivity index (χ1n) is 8.36. The number of ether oxygens (including phenoxy) is 1. The van der Waals surface area contributed by atoms with Crippen LogP contribution in [0.5, 0.6) is 5.75 Å². The summed E-state index contributed by atoms with van der Waals surface area (Å²) in [6.45, 7) is 6.97. The first kappa shape index (κ1) is 17.8. The summed E-state index contributed by atoms with van der Waals surface area (Å²) in [5, 5.41) is 10.7. The summed E-state index contributed by atoms with van der Waals surface area (Å²) in [4.78, 5) is 4.58. The Balaban J connectivity index is 1.71. The molecule has 2 aromatic rings. The molecule has 0 bridgehead atoms. The minimum Gasteiger partial charge on any atom is -0.492 e. The van der Waals surface area contributed by atoms with Crippen LogP contribution in [0.3, 0.4) is 0 Å². The number of aromatic nitrogens is 2. The zero-order valence-electron chi connectivity index (χ0n) is 14.7. The fourth-order valence-corrected chi connectivity index (χ4v) is 2.21. The van der Waals surface area contributed by atoms with Crippen molar-refractivity contribution in [1.82, 2.24) is 20.4 Å². The largest absolute Gasteiger partial charge is 0.492 e. The van der Waals surface area contributed by atoms with Crippen LogP contribution >= 0.6 is 0 Å². The molecular weight excluding hydrogens is 302 g/mol. The van der Waals surface area contributed by atoms with Gasteiger partial charge in [0.15, 0.2) is 5.96 Å². The van der Waals surface area contributed by atoms with Crippen LogP contribution in [0.15, 0.2) is 41.7 Å². The van der Waals surface area contributed by atoms with Gasteiger partial charge in [-0.15, -0.1) is 0 Å². The minimum atomic E-state index is 0.593. The second kappa shape index (κ2) is 9.60. The van der Waals surface area contributed by atoms with Crippen molar-refractivity contribution in [2.75, 3.05) is 26.2 Å². The number of nitrogens with zero attached hydrogens (tertiary/aromatic N) is 3. The molecule has 24 heavy (non-hydrogen) atoms. The molecule has 0 saturated carbocycles. The molecule has 2 N–H and O–H groups in total. The Morgan fingerprint density at radius 3 is 2.71 bits per heavy atom. The van der Waals surface area contributed by atoms with E-state index in [0.717, 1.165) is 31.2 Å². The lowest BCUT2D eigenvalue weighted by Crippen LogP contribution is -2.39. The SMILES string of the molecule is CCNC(=NCCc1cnn(C)c1)NCCOc1ccc(C)cc1. The van der Waals surface area contributed by atoms with E-state index in [1.807, 2.05) is 48.4 Å². The Hall–Kier alpha value is -2.50. The maximum absolute atomic E-state index is 5.71. The third-order valence-corrected chi connectivity index (χ3v) is 3.46. The first-order chi connectivity index (χ1) is 11.7. The maximum atomic E-state index is 5.71. The van der Waals surface area contributed by atoms with Crippen LogP contribution in [-0.4, -0.2) is 42.0 Å². The number of rotatable bonds is 8. The topological polar surface area (TPSA) is 63.5 Å². The van der Waals surface area contributed by atoms with Crippen molar-refractivity contribution < 1.29 is 4.74 Å². The van der Waals surface area contributed by atoms with Crippen LogP contribution in [0.2, 0.25) is 0 Å². The van der Waals surface area contributed by atoms with E-state index in [1.54, 1.807) is 0 Å². The minimum absolute atomic E-state index is 0.593. The summed E-state index contributed by atoms with van der Waals surface area (Å²) in [7, 11) is 1.92. The summed E-state index contributed by atoms with van der Waals surface area (Å²) in [6, 6.07) is 8.07. The molecule has 0 aliphatic rings. The Morgan fingerprint density at radius 2 is 2.04 bits per heavy atom. The molecule has 0 radical (unpaired) electrons. The van der Waals surface area contributed by atoms with Crippen LogP contribution in [0.1, 0.15) is 18.1 Å². The number of aliphatic imine (C=N–C) groups is 1. The van der Waals surface area contributed by atoms with Gasteiger partial charge in [-0.3, -0.25) is 9.67 Å². The van der Waals surface area contributed by atoms with Crippen LogP contribution in [0.25, 0.3) is 0 Å². The lowest BCUT2D eigenvalue weighted by atomic mass is 10.2. The second-order valence-electron chi connectivity index (χ2n) is 5.62. The van der Waals surface area contributed by atoms with Crippen molar-refractivity contribution in [1.29, 1.82) is 0 Å². The second-order valence-corrected chi connectivity index (χ2v) is 5.62. The van der Waals surface area contributed by atoms with Gasteiger partial charge in [-0.1, -0.05) is 17.7 Å². The summed E-state index contributed by atoms with van der Waals surface area (Å²) in [5.74, 6) is 1.70. The van der Waals surface area contributed by atoms with Crippen molar-refractivity contribution in [3.63, 3.8) is 0 Å². The highest BCUT2D eigenvalue weighted by Gasteiger charge is 1.99. The van der Waals surface area contributed by atoms with Gasteiger partial charge in [0.25, 0.3) is 0 Å². The van der Waals surface area contributed by atoms with Crippen molar-refractivity contribution in [2.45, 2.75) is 20.3 Å². The predicted molar refractivity (Wildman–Crippen MR) is 97.6 cm³/mol. The highest BCUT2D eigenvalue weighted by Crippen LogP contribution is 2.10. The molecular formula is C18H27N5O. The highest BCUT2D eigenvalue weighted by molar-refractivity contribution is 5.79. The standard InChI is InChI=1S/C18H27N5O/c1-4-19-18(20-10-9-16-13-22-23(3)14-16)21-11-12-24-17-7-5-15(2)6-8-17/h5-8,13-14H,4,9-12H2,1-3H3,(H2,19,20,21). The van der Waals surface area contributed by atoms with Crippen molar-refractivity contribution in [3.8, 4) is 5.75 Å². The maximum Gasteiger partial charge on any atom is 0.191 e. The number of aryl methyl sites for hydroxylation is 2. The molecule has 6 nitrogen and oxygen atoms in total. The summed E-state index contributed by atoms with van der Waals surface area (Å²) < 4.78 is 7.52. The van der Waals surface area contributed by atoms with Gasteiger partial charge in [0.1, 0.15) is 12.4 Å². The zero-order valence-corrected chi connectivity index (χ0v) is 14.7. The van der Waals surface area contributed by atoms with Crippen LogP contribution in [0, 0.1) is 6.92 Å². The van der Waals surface area contributed by atoms with Gasteiger partial charge in [0.05, 0.1) is 12.7 Å². The highest BCUT2D eigenvalue weighted by atomic mass is 16.5. The number of nitrogens with one attached hydrogen (secondary N) is 2. The molecule has 1 aromatic heterocycles. The zero-order chi connectivity index (χ0) is 17.2. The van der Waals surface area contributed by atoms with Crippen molar-refractivity contribution >= 4 is 5.96 Å². The van der Waals surface area contributed by atoms with E-state index in [-0.39, 0.29) is 0 Å². The van der Waals surface area contributed by atoms with Gasteiger partial charge in [-0.2, -0.15) is 5.10 Å². The fraction of sp³-hybridized carbons (Fsp3) is 0.444. The van der Waals surface area contributed by atoms with Gasteiger partial charge >= 0.3 is 0 Å². The molecule has 0 atom stereocenters. The molecule has 0 fully saturated rings. The van der Waals surface area contributed by atoms with Crippen molar-refractivity contribution in [2.24, 2.45) is 12.0 Å². The van der Waals surface area contributed by atoms with Gasteiger partial charge in [-0.25, -0.2) is 0 Å². The van der Waals surface area contributed by atoms with E-state index in [1.165, 1.54) is 11.1 Å². The van der Waals surface area contributed by atoms with Crippen LogP contribution < -0.4 is 15.4 Å². The lowest BCUT2D eigenvalue weighted by Gasteiger charge is -2.12. The van der Waals surface area contributed by atoms with Gasteiger partial charge in [0, 0.05) is 26.3 Å². The summed E-state index contributed by atoms with van der Waals surface area (Å²) in [5.41, 5.74) is 2.43. The molecule has 1 aromatic carbocycles. The molecule has 6 heteroatoms. The van der Waals surface area contributed by atoms with E-state index < -0.39 is 0 Å². The predicted octanol–water partition coefficient (Wildman–Crippen LogP) is 1.91. The third-order valence-electron chi connectivity index (χ3n) is 3.46. The average Bonchev–Trinajstić information content (AvgIpc) is 2.98. The molecule has 0 amide bonds. The number of hydrogen-bond acceptors (Lipinski definition) is 3. The number of benzene rings is 1. The Bertz CT molecular complexity index is 633. The average molecular weight is 329 g/mol. The lowest BCUT2D eigenvalue weighted by molar-refractivity contribution is 0.322.